The van der Waals surface area contributed by atoms with Crippen molar-refractivity contribution >= 4 is 28.8 Å². The molecule has 164 valence electrons. The topological polar surface area (TPSA) is 73.4 Å². The third-order valence-corrected chi connectivity index (χ3v) is 6.68. The number of rotatable bonds is 5. The molecule has 0 saturated carbocycles. The molecule has 0 spiro atoms. The predicted octanol–water partition coefficient (Wildman–Crippen LogP) is 5.49. The van der Waals surface area contributed by atoms with Crippen LogP contribution in [-0.2, 0) is 4.79 Å². The zero-order valence-electron chi connectivity index (χ0n) is 18.4. The summed E-state index contributed by atoms with van der Waals surface area (Å²) < 4.78 is 0. The highest BCUT2D eigenvalue weighted by Crippen LogP contribution is 2.47. The Kier molecular flexibility index (Phi) is 6.25. The number of benzene rings is 2. The number of anilines is 2. The van der Waals surface area contributed by atoms with E-state index in [1.165, 1.54) is 0 Å². The van der Waals surface area contributed by atoms with Crippen LogP contribution in [0.2, 0.25) is 5.02 Å². The summed E-state index contributed by atoms with van der Waals surface area (Å²) in [6.07, 6.45) is 1.93. The smallest absolute Gasteiger partial charge is 0.161 e. The van der Waals surface area contributed by atoms with Crippen molar-refractivity contribution in [1.82, 2.24) is 0 Å². The minimum Gasteiger partial charge on any atom is -0.384 e. The number of ketones is 1. The van der Waals surface area contributed by atoms with Gasteiger partial charge in [-0.1, -0.05) is 35.9 Å². The van der Waals surface area contributed by atoms with Crippen LogP contribution in [0.3, 0.4) is 0 Å². The Morgan fingerprint density at radius 1 is 1.12 bits per heavy atom. The first-order chi connectivity index (χ1) is 15.5. The molecule has 4 rings (SSSR count). The number of nitrogens with two attached hydrogens (primary N) is 1. The number of carbonyl (C=O) groups is 1. The number of carbonyl (C=O) groups excluding carboxylic acids is 1. The standard InChI is InChI=1S/C26H27ClN4O/c1-3-30(4-2)18-14-12-17(13-15-18)24-19(16-28)26(29)31(21-9-6-5-8-20(21)27)22-10-7-11-23(32)25(22)24/h5-6,8-9,12-15,24H,3-4,7,10-11,29H2,1-2H3/t24-/m1/s1. The molecule has 0 radical (unpaired) electrons. The van der Waals surface area contributed by atoms with Crippen molar-refractivity contribution in [2.75, 3.05) is 22.9 Å². The quantitative estimate of drug-likeness (QED) is 0.657. The molecule has 2 aromatic carbocycles. The van der Waals surface area contributed by atoms with E-state index in [0.29, 0.717) is 40.5 Å². The van der Waals surface area contributed by atoms with Gasteiger partial charge in [0.2, 0.25) is 0 Å². The number of halogens is 1. The van der Waals surface area contributed by atoms with E-state index >= 15 is 0 Å². The Morgan fingerprint density at radius 3 is 2.44 bits per heavy atom. The van der Waals surface area contributed by atoms with Crippen molar-refractivity contribution in [2.24, 2.45) is 5.73 Å². The van der Waals surface area contributed by atoms with Crippen molar-refractivity contribution < 1.29 is 4.79 Å². The van der Waals surface area contributed by atoms with Gasteiger partial charge >= 0.3 is 0 Å². The summed E-state index contributed by atoms with van der Waals surface area (Å²) in [5, 5.41) is 10.7. The number of allylic oxidation sites excluding steroid dienone is 3. The Bertz CT molecular complexity index is 1140. The lowest BCUT2D eigenvalue weighted by Gasteiger charge is -2.40. The molecule has 1 atom stereocenters. The minimum atomic E-state index is -0.465. The van der Waals surface area contributed by atoms with Gasteiger partial charge in [-0.25, -0.2) is 0 Å². The molecule has 2 aromatic rings. The van der Waals surface area contributed by atoms with Crippen LogP contribution >= 0.6 is 11.6 Å². The van der Waals surface area contributed by atoms with Gasteiger partial charge < -0.3 is 10.6 Å². The molecule has 0 fully saturated rings. The number of para-hydroxylation sites is 1. The molecular weight excluding hydrogens is 420 g/mol. The molecule has 0 aromatic heterocycles. The number of nitrogens with zero attached hydrogens (tertiary/aromatic N) is 3. The predicted molar refractivity (Wildman–Crippen MR) is 129 cm³/mol. The van der Waals surface area contributed by atoms with Crippen LogP contribution in [0.1, 0.15) is 44.6 Å². The van der Waals surface area contributed by atoms with Crippen LogP contribution in [0.5, 0.6) is 0 Å². The average Bonchev–Trinajstić information content (AvgIpc) is 2.81. The average molecular weight is 447 g/mol. The number of hydrogen-bond acceptors (Lipinski definition) is 5. The fraction of sp³-hybridized carbons (Fsp3) is 0.308. The SMILES string of the molecule is CCN(CC)c1ccc([C@@H]2C(C#N)=C(N)N(c3ccccc3Cl)C3=C2C(=O)CCC3)cc1. The van der Waals surface area contributed by atoms with Crippen molar-refractivity contribution in [3.05, 3.63) is 81.8 Å². The maximum absolute atomic E-state index is 13.2. The van der Waals surface area contributed by atoms with Crippen LogP contribution in [0.25, 0.3) is 0 Å². The molecule has 0 unspecified atom stereocenters. The molecule has 0 bridgehead atoms. The normalized spacial score (nSPS) is 18.5. The van der Waals surface area contributed by atoms with Crippen LogP contribution < -0.4 is 15.5 Å². The van der Waals surface area contributed by atoms with E-state index in [4.69, 9.17) is 17.3 Å². The molecule has 2 N–H and O–H groups in total. The molecule has 0 amide bonds. The van der Waals surface area contributed by atoms with Crippen LogP contribution in [0, 0.1) is 11.3 Å². The fourth-order valence-electron chi connectivity index (χ4n) is 4.79. The van der Waals surface area contributed by atoms with Gasteiger partial charge in [0.05, 0.1) is 28.3 Å². The Labute approximate surface area is 194 Å². The first-order valence-electron chi connectivity index (χ1n) is 11.1. The van der Waals surface area contributed by atoms with Gasteiger partial charge in [0, 0.05) is 36.5 Å². The summed E-state index contributed by atoms with van der Waals surface area (Å²) in [5.74, 6) is -0.0551. The van der Waals surface area contributed by atoms with E-state index in [9.17, 15) is 10.1 Å². The highest BCUT2D eigenvalue weighted by molar-refractivity contribution is 6.33. The van der Waals surface area contributed by atoms with E-state index in [1.54, 1.807) is 6.07 Å². The molecule has 5 nitrogen and oxygen atoms in total. The van der Waals surface area contributed by atoms with Crippen molar-refractivity contribution in [2.45, 2.75) is 39.0 Å². The van der Waals surface area contributed by atoms with Gasteiger partial charge in [-0.3, -0.25) is 9.69 Å². The largest absolute Gasteiger partial charge is 0.384 e. The lowest BCUT2D eigenvalue weighted by molar-refractivity contribution is -0.116. The Hall–Kier alpha value is -3.23. The lowest BCUT2D eigenvalue weighted by atomic mass is 9.75. The highest BCUT2D eigenvalue weighted by atomic mass is 35.5. The Morgan fingerprint density at radius 2 is 1.81 bits per heavy atom. The maximum atomic E-state index is 13.2. The first-order valence-corrected chi connectivity index (χ1v) is 11.4. The minimum absolute atomic E-state index is 0.0707. The van der Waals surface area contributed by atoms with Crippen molar-refractivity contribution in [3.8, 4) is 6.07 Å². The van der Waals surface area contributed by atoms with Crippen LogP contribution in [0.15, 0.2) is 71.2 Å². The zero-order chi connectivity index (χ0) is 22.8. The second-order valence-corrected chi connectivity index (χ2v) is 8.44. The van der Waals surface area contributed by atoms with Gasteiger partial charge in [-0.2, -0.15) is 5.26 Å². The fourth-order valence-corrected chi connectivity index (χ4v) is 5.01. The third kappa shape index (κ3) is 3.65. The molecule has 32 heavy (non-hydrogen) atoms. The molecule has 6 heteroatoms. The Balaban J connectivity index is 1.88. The molecule has 0 saturated heterocycles. The summed E-state index contributed by atoms with van der Waals surface area (Å²) in [6.45, 7) is 6.07. The molecule has 1 heterocycles. The number of hydrogen-bond donors (Lipinski definition) is 1. The second-order valence-electron chi connectivity index (χ2n) is 8.03. The van der Waals surface area contributed by atoms with Crippen molar-refractivity contribution in [3.63, 3.8) is 0 Å². The summed E-state index contributed by atoms with van der Waals surface area (Å²) in [4.78, 5) is 17.3. The monoisotopic (exact) mass is 446 g/mol. The van der Waals surface area contributed by atoms with Crippen LogP contribution in [-0.4, -0.2) is 18.9 Å². The van der Waals surface area contributed by atoms with Crippen LogP contribution in [0.4, 0.5) is 11.4 Å². The zero-order valence-corrected chi connectivity index (χ0v) is 19.2. The molecular formula is C26H27ClN4O. The summed E-state index contributed by atoms with van der Waals surface area (Å²) in [6, 6.07) is 17.8. The van der Waals surface area contributed by atoms with E-state index in [0.717, 1.165) is 36.5 Å². The lowest BCUT2D eigenvalue weighted by Crippen LogP contribution is -2.38. The summed E-state index contributed by atoms with van der Waals surface area (Å²) >= 11 is 6.49. The van der Waals surface area contributed by atoms with E-state index in [1.807, 2.05) is 35.2 Å². The van der Waals surface area contributed by atoms with E-state index in [-0.39, 0.29) is 5.78 Å². The van der Waals surface area contributed by atoms with Gasteiger partial charge in [-0.15, -0.1) is 0 Å². The van der Waals surface area contributed by atoms with Gasteiger partial charge in [0.1, 0.15) is 5.82 Å². The third-order valence-electron chi connectivity index (χ3n) is 6.36. The van der Waals surface area contributed by atoms with Crippen molar-refractivity contribution in [1.29, 1.82) is 5.26 Å². The molecule has 1 aliphatic carbocycles. The van der Waals surface area contributed by atoms with Gasteiger partial charge in [0.15, 0.2) is 5.78 Å². The molecule has 1 aliphatic heterocycles. The number of Topliss-reactive ketones (excluding diaryl/α,β-unsaturated/α-hetero) is 1. The molecule has 2 aliphatic rings. The highest BCUT2D eigenvalue weighted by Gasteiger charge is 2.40. The number of nitriles is 1. The van der Waals surface area contributed by atoms with E-state index < -0.39 is 5.92 Å². The summed E-state index contributed by atoms with van der Waals surface area (Å²) in [5.41, 5.74) is 11.2. The second kappa shape index (κ2) is 9.10. The van der Waals surface area contributed by atoms with Gasteiger partial charge in [-0.05, 0) is 56.5 Å². The summed E-state index contributed by atoms with van der Waals surface area (Å²) in [7, 11) is 0. The first kappa shape index (κ1) is 22.0. The van der Waals surface area contributed by atoms with E-state index in [2.05, 4.69) is 36.9 Å². The van der Waals surface area contributed by atoms with Gasteiger partial charge in [0.25, 0.3) is 0 Å². The maximum Gasteiger partial charge on any atom is 0.161 e.